The monoisotopic (exact) mass is 307 g/mol. The van der Waals surface area contributed by atoms with E-state index in [0.717, 1.165) is 38.2 Å². The third-order valence-electron chi connectivity index (χ3n) is 4.64. The summed E-state index contributed by atoms with van der Waals surface area (Å²) >= 11 is 1.99. The summed E-state index contributed by atoms with van der Waals surface area (Å²) in [4.78, 5) is 12.5. The molecule has 3 heterocycles. The van der Waals surface area contributed by atoms with Crippen LogP contribution in [0.4, 0.5) is 0 Å². The van der Waals surface area contributed by atoms with Gasteiger partial charge in [0.15, 0.2) is 0 Å². The highest BCUT2D eigenvalue weighted by Crippen LogP contribution is 2.37. The Kier molecular flexibility index (Phi) is 4.60. The quantitative estimate of drug-likeness (QED) is 0.898. The summed E-state index contributed by atoms with van der Waals surface area (Å²) in [7, 11) is 0. The van der Waals surface area contributed by atoms with E-state index in [4.69, 9.17) is 0 Å². The zero-order valence-corrected chi connectivity index (χ0v) is 13.5. The van der Waals surface area contributed by atoms with E-state index in [2.05, 4.69) is 28.3 Å². The lowest BCUT2D eigenvalue weighted by Crippen LogP contribution is -2.38. The zero-order valence-electron chi connectivity index (χ0n) is 12.7. The summed E-state index contributed by atoms with van der Waals surface area (Å²) in [6.45, 7) is 5.11. The number of nitrogens with zero attached hydrogens (tertiary/aromatic N) is 1. The van der Waals surface area contributed by atoms with Gasteiger partial charge >= 0.3 is 0 Å². The number of carbonyl (C=O) groups excluding carboxylic acids is 1. The van der Waals surface area contributed by atoms with Gasteiger partial charge in [0, 0.05) is 23.5 Å². The Hall–Kier alpha value is -0.940. The van der Waals surface area contributed by atoms with Crippen LogP contribution in [0.2, 0.25) is 0 Å². The normalized spacial score (nSPS) is 26.9. The number of hydrogen-bond donors (Lipinski definition) is 2. The van der Waals surface area contributed by atoms with Crippen LogP contribution < -0.4 is 10.6 Å². The molecule has 1 unspecified atom stereocenters. The fraction of sp³-hybridized carbons (Fsp3) is 0.688. The van der Waals surface area contributed by atoms with Gasteiger partial charge in [-0.05, 0) is 63.6 Å². The van der Waals surface area contributed by atoms with Gasteiger partial charge in [0.05, 0.1) is 0 Å². The molecule has 0 aliphatic carbocycles. The Morgan fingerprint density at radius 2 is 2.33 bits per heavy atom. The van der Waals surface area contributed by atoms with Gasteiger partial charge in [-0.1, -0.05) is 0 Å². The second kappa shape index (κ2) is 6.44. The van der Waals surface area contributed by atoms with Gasteiger partial charge in [-0.2, -0.15) is 11.8 Å². The number of carbonyl (C=O) groups is 1. The van der Waals surface area contributed by atoms with E-state index in [1.807, 2.05) is 23.9 Å². The first-order valence-corrected chi connectivity index (χ1v) is 8.96. The van der Waals surface area contributed by atoms with E-state index in [1.54, 1.807) is 0 Å². The highest BCUT2D eigenvalue weighted by Gasteiger charge is 2.30. The molecule has 1 amide bonds. The van der Waals surface area contributed by atoms with Crippen molar-refractivity contribution in [2.75, 3.05) is 25.4 Å². The second-order valence-electron chi connectivity index (χ2n) is 6.37. The molecule has 0 bridgehead atoms. The van der Waals surface area contributed by atoms with Gasteiger partial charge in [-0.25, -0.2) is 0 Å². The summed E-state index contributed by atoms with van der Waals surface area (Å²) < 4.78 is 2.39. The molecule has 1 aromatic heterocycles. The van der Waals surface area contributed by atoms with Crippen LogP contribution in [0.5, 0.6) is 0 Å². The fourth-order valence-electron chi connectivity index (χ4n) is 3.32. The Labute approximate surface area is 131 Å². The summed E-state index contributed by atoms with van der Waals surface area (Å²) in [6, 6.07) is 4.39. The smallest absolute Gasteiger partial charge is 0.267 e. The van der Waals surface area contributed by atoms with Gasteiger partial charge in [0.1, 0.15) is 5.69 Å². The number of amides is 1. The van der Waals surface area contributed by atoms with Crippen molar-refractivity contribution in [1.29, 1.82) is 0 Å². The number of piperidine rings is 1. The number of hydrogen-bond acceptors (Lipinski definition) is 3. The molecule has 1 atom stereocenters. The first-order valence-electron chi connectivity index (χ1n) is 7.98. The van der Waals surface area contributed by atoms with Crippen LogP contribution in [-0.4, -0.2) is 40.6 Å². The summed E-state index contributed by atoms with van der Waals surface area (Å²) in [5, 5.41) is 6.53. The lowest BCUT2D eigenvalue weighted by molar-refractivity contribution is 0.0937. The Balaban J connectivity index is 1.63. The maximum absolute atomic E-state index is 12.5. The second-order valence-corrected chi connectivity index (χ2v) is 8.05. The number of rotatable bonds is 4. The van der Waals surface area contributed by atoms with Crippen LogP contribution in [0.15, 0.2) is 18.3 Å². The van der Waals surface area contributed by atoms with Gasteiger partial charge < -0.3 is 15.2 Å². The van der Waals surface area contributed by atoms with Crippen molar-refractivity contribution in [3.05, 3.63) is 24.0 Å². The van der Waals surface area contributed by atoms with E-state index in [0.29, 0.717) is 6.04 Å². The minimum Gasteiger partial charge on any atom is -0.349 e. The average molecular weight is 307 g/mol. The molecule has 2 saturated heterocycles. The molecule has 2 aliphatic heterocycles. The molecule has 0 radical (unpaired) electrons. The fourth-order valence-corrected chi connectivity index (χ4v) is 4.57. The predicted molar refractivity (Wildman–Crippen MR) is 88.0 cm³/mol. The molecule has 2 fully saturated rings. The molecule has 3 rings (SSSR count). The van der Waals surface area contributed by atoms with Crippen LogP contribution in [0.25, 0.3) is 0 Å². The topological polar surface area (TPSA) is 46.1 Å². The van der Waals surface area contributed by atoms with E-state index < -0.39 is 0 Å². The van der Waals surface area contributed by atoms with Gasteiger partial charge in [0.25, 0.3) is 5.91 Å². The van der Waals surface area contributed by atoms with E-state index in [9.17, 15) is 4.79 Å². The minimum atomic E-state index is 0.0762. The molecule has 4 nitrogen and oxygen atoms in total. The Morgan fingerprint density at radius 1 is 1.52 bits per heavy atom. The van der Waals surface area contributed by atoms with Gasteiger partial charge in [-0.15, -0.1) is 0 Å². The molecule has 2 aliphatic rings. The van der Waals surface area contributed by atoms with E-state index >= 15 is 0 Å². The molecule has 21 heavy (non-hydrogen) atoms. The van der Waals surface area contributed by atoms with Gasteiger partial charge in [-0.3, -0.25) is 4.79 Å². The van der Waals surface area contributed by atoms with Crippen molar-refractivity contribution < 1.29 is 4.79 Å². The van der Waals surface area contributed by atoms with E-state index in [1.165, 1.54) is 18.6 Å². The van der Waals surface area contributed by atoms with Crippen LogP contribution in [0.1, 0.15) is 49.1 Å². The molecule has 0 spiro atoms. The first kappa shape index (κ1) is 15.0. The molecule has 116 valence electrons. The summed E-state index contributed by atoms with van der Waals surface area (Å²) in [5.74, 6) is 1.30. The minimum absolute atomic E-state index is 0.0762. The highest BCUT2D eigenvalue weighted by molar-refractivity contribution is 8.00. The van der Waals surface area contributed by atoms with Crippen LogP contribution in [-0.2, 0) is 0 Å². The molecular formula is C16H25N3OS. The molecule has 0 saturated carbocycles. The third kappa shape index (κ3) is 3.46. The van der Waals surface area contributed by atoms with Crippen LogP contribution in [0, 0.1) is 0 Å². The standard InChI is InChI=1S/C16H25N3OS/c1-16(7-3-11-21-16)12-18-15(20)14-4-2-10-19(14)13-5-8-17-9-6-13/h2,4,10,13,17H,3,5-9,11-12H2,1H3,(H,18,20). The number of aromatic nitrogens is 1. The number of thioether (sulfide) groups is 1. The van der Waals surface area contributed by atoms with Crippen molar-refractivity contribution in [3.63, 3.8) is 0 Å². The lowest BCUT2D eigenvalue weighted by atomic mass is 10.1. The SMILES string of the molecule is CC1(CNC(=O)c2cccn2C2CCNCC2)CCCS1. The maximum Gasteiger partial charge on any atom is 0.267 e. The highest BCUT2D eigenvalue weighted by atomic mass is 32.2. The summed E-state index contributed by atoms with van der Waals surface area (Å²) in [5.41, 5.74) is 0.813. The zero-order chi connectivity index (χ0) is 14.7. The average Bonchev–Trinajstić information content (AvgIpc) is 3.15. The largest absolute Gasteiger partial charge is 0.349 e. The number of nitrogens with one attached hydrogen (secondary N) is 2. The maximum atomic E-state index is 12.5. The third-order valence-corrected chi connectivity index (χ3v) is 6.18. The van der Waals surface area contributed by atoms with Crippen LogP contribution >= 0.6 is 11.8 Å². The Morgan fingerprint density at radius 3 is 3.05 bits per heavy atom. The van der Waals surface area contributed by atoms with E-state index in [-0.39, 0.29) is 10.7 Å². The summed E-state index contributed by atoms with van der Waals surface area (Å²) in [6.07, 6.45) is 6.72. The van der Waals surface area contributed by atoms with Crippen molar-refractivity contribution >= 4 is 17.7 Å². The van der Waals surface area contributed by atoms with Crippen molar-refractivity contribution in [2.45, 2.75) is 43.4 Å². The lowest BCUT2D eigenvalue weighted by Gasteiger charge is -2.27. The Bertz CT molecular complexity index is 487. The molecule has 1 aromatic rings. The van der Waals surface area contributed by atoms with Crippen molar-refractivity contribution in [1.82, 2.24) is 15.2 Å². The predicted octanol–water partition coefficient (Wildman–Crippen LogP) is 2.43. The molecular weight excluding hydrogens is 282 g/mol. The molecule has 0 aromatic carbocycles. The first-order chi connectivity index (χ1) is 10.2. The van der Waals surface area contributed by atoms with Crippen molar-refractivity contribution in [2.24, 2.45) is 0 Å². The van der Waals surface area contributed by atoms with Gasteiger partial charge in [0.2, 0.25) is 0 Å². The molecule has 5 heteroatoms. The van der Waals surface area contributed by atoms with Crippen LogP contribution in [0.3, 0.4) is 0 Å². The van der Waals surface area contributed by atoms with Crippen molar-refractivity contribution in [3.8, 4) is 0 Å². The molecule has 2 N–H and O–H groups in total.